The number of pyridine rings is 1. The molecule has 1 atom stereocenters. The van der Waals surface area contributed by atoms with Gasteiger partial charge in [0.25, 0.3) is 5.91 Å². The van der Waals surface area contributed by atoms with E-state index in [1.165, 1.54) is 0 Å². The molecule has 1 aromatic heterocycles. The number of aromatic nitrogens is 1. The first-order chi connectivity index (χ1) is 15.5. The molecule has 170 valence electrons. The van der Waals surface area contributed by atoms with Crippen LogP contribution in [0.3, 0.4) is 0 Å². The first-order valence-corrected chi connectivity index (χ1v) is 10.7. The summed E-state index contributed by atoms with van der Waals surface area (Å²) in [5, 5.41) is 11.9. The fourth-order valence-electron chi connectivity index (χ4n) is 3.85. The highest BCUT2D eigenvalue weighted by Gasteiger charge is 2.26. The number of carbonyl (C=O) groups excluding carboxylic acids is 1. The van der Waals surface area contributed by atoms with Gasteiger partial charge in [-0.05, 0) is 62.8 Å². The third-order valence-corrected chi connectivity index (χ3v) is 5.66. The lowest BCUT2D eigenvalue weighted by Gasteiger charge is -2.29. The number of fused-ring (bicyclic) bond motifs is 1. The average Bonchev–Trinajstić information content (AvgIpc) is 3.26. The van der Waals surface area contributed by atoms with Crippen LogP contribution in [-0.4, -0.2) is 47.5 Å². The van der Waals surface area contributed by atoms with E-state index in [2.05, 4.69) is 10.3 Å². The van der Waals surface area contributed by atoms with E-state index in [0.29, 0.717) is 35.3 Å². The monoisotopic (exact) mass is 442 g/mol. The van der Waals surface area contributed by atoms with Crippen molar-refractivity contribution in [2.24, 2.45) is 5.92 Å². The highest BCUT2D eigenvalue weighted by molar-refractivity contribution is 5.96. The summed E-state index contributed by atoms with van der Waals surface area (Å²) in [7, 11) is 0. The van der Waals surface area contributed by atoms with E-state index in [9.17, 15) is 9.59 Å². The van der Waals surface area contributed by atoms with Gasteiger partial charge in [-0.1, -0.05) is 0 Å². The minimum absolute atomic E-state index is 0.0481. The van der Waals surface area contributed by atoms with Gasteiger partial charge in [-0.2, -0.15) is 0 Å². The molecule has 1 amide bonds. The topological polar surface area (TPSA) is 116 Å². The number of carboxylic acid groups (broad SMARTS) is 1. The van der Waals surface area contributed by atoms with Gasteiger partial charge < -0.3 is 29.4 Å². The van der Waals surface area contributed by atoms with Gasteiger partial charge in [0, 0.05) is 18.8 Å². The van der Waals surface area contributed by atoms with Gasteiger partial charge in [0.05, 0.1) is 6.10 Å². The largest absolute Gasteiger partial charge is 0.479 e. The van der Waals surface area contributed by atoms with Crippen LogP contribution < -0.4 is 19.5 Å². The fourth-order valence-corrected chi connectivity index (χ4v) is 3.85. The Kier molecular flexibility index (Phi) is 6.75. The lowest BCUT2D eigenvalue weighted by molar-refractivity contribution is -0.154. The number of nitrogens with zero attached hydrogens (tertiary/aromatic N) is 1. The molecule has 4 rings (SSSR count). The minimum atomic E-state index is -0.949. The predicted octanol–water partition coefficient (Wildman–Crippen LogP) is 3.38. The SMILES string of the molecule is C[C@@H](OC1CCC(CNC(=O)c2cccnc2Oc2ccc3c(c2)OCO3)CC1)C(=O)O. The van der Waals surface area contributed by atoms with Crippen LogP contribution in [-0.2, 0) is 9.53 Å². The second kappa shape index (κ2) is 9.86. The predicted molar refractivity (Wildman–Crippen MR) is 113 cm³/mol. The Morgan fingerprint density at radius 2 is 1.97 bits per heavy atom. The Hall–Kier alpha value is -3.33. The Balaban J connectivity index is 1.30. The fraction of sp³-hybridized carbons (Fsp3) is 0.435. The number of carbonyl (C=O) groups is 2. The molecule has 0 spiro atoms. The van der Waals surface area contributed by atoms with Crippen LogP contribution in [0.2, 0.25) is 0 Å². The molecule has 2 N–H and O–H groups in total. The van der Waals surface area contributed by atoms with Gasteiger partial charge in [-0.25, -0.2) is 9.78 Å². The smallest absolute Gasteiger partial charge is 0.332 e. The molecule has 0 radical (unpaired) electrons. The van der Waals surface area contributed by atoms with Crippen molar-refractivity contribution >= 4 is 11.9 Å². The van der Waals surface area contributed by atoms with E-state index in [1.54, 1.807) is 43.5 Å². The molecule has 9 nitrogen and oxygen atoms in total. The van der Waals surface area contributed by atoms with E-state index >= 15 is 0 Å². The second-order valence-corrected chi connectivity index (χ2v) is 7.94. The van der Waals surface area contributed by atoms with Crippen molar-refractivity contribution in [3.05, 3.63) is 42.1 Å². The molecule has 2 aromatic rings. The van der Waals surface area contributed by atoms with Crippen molar-refractivity contribution in [1.29, 1.82) is 0 Å². The number of amides is 1. The normalized spacial score (nSPS) is 20.4. The maximum Gasteiger partial charge on any atom is 0.332 e. The molecule has 1 fully saturated rings. The number of nitrogens with one attached hydrogen (secondary N) is 1. The van der Waals surface area contributed by atoms with E-state index in [0.717, 1.165) is 25.7 Å². The Bertz CT molecular complexity index is 973. The molecular weight excluding hydrogens is 416 g/mol. The van der Waals surface area contributed by atoms with Gasteiger partial charge in [-0.3, -0.25) is 4.79 Å². The number of aliphatic carboxylic acids is 1. The van der Waals surface area contributed by atoms with Crippen LogP contribution in [0.1, 0.15) is 43.0 Å². The number of benzene rings is 1. The minimum Gasteiger partial charge on any atom is -0.479 e. The zero-order valence-electron chi connectivity index (χ0n) is 17.8. The Labute approximate surface area is 185 Å². The van der Waals surface area contributed by atoms with E-state index in [-0.39, 0.29) is 24.7 Å². The van der Waals surface area contributed by atoms with Crippen molar-refractivity contribution in [2.75, 3.05) is 13.3 Å². The third kappa shape index (κ3) is 5.28. The summed E-state index contributed by atoms with van der Waals surface area (Å²) in [5.74, 6) is 1.05. The van der Waals surface area contributed by atoms with E-state index < -0.39 is 12.1 Å². The Morgan fingerprint density at radius 1 is 1.19 bits per heavy atom. The zero-order valence-corrected chi connectivity index (χ0v) is 17.8. The molecule has 2 aliphatic rings. The number of hydrogen-bond acceptors (Lipinski definition) is 7. The van der Waals surface area contributed by atoms with E-state index in [1.807, 2.05) is 0 Å². The van der Waals surface area contributed by atoms with Crippen molar-refractivity contribution in [3.63, 3.8) is 0 Å². The van der Waals surface area contributed by atoms with Crippen molar-refractivity contribution < 1.29 is 33.6 Å². The van der Waals surface area contributed by atoms with Gasteiger partial charge in [0.1, 0.15) is 11.3 Å². The summed E-state index contributed by atoms with van der Waals surface area (Å²) in [6.45, 7) is 2.24. The standard InChI is InChI=1S/C23H26N2O7/c1-14(23(27)28)31-16-6-4-15(5-7-16)12-25-21(26)18-3-2-10-24-22(18)32-17-8-9-19-20(11-17)30-13-29-19/h2-3,8-11,14-16H,4-7,12-13H2,1H3,(H,25,26)(H,27,28)/t14-,15?,16?/m1/s1. The summed E-state index contributed by atoms with van der Waals surface area (Å²) in [4.78, 5) is 28.0. The van der Waals surface area contributed by atoms with Crippen LogP contribution in [0.25, 0.3) is 0 Å². The molecule has 1 aromatic carbocycles. The van der Waals surface area contributed by atoms with E-state index in [4.69, 9.17) is 24.1 Å². The molecule has 0 bridgehead atoms. The maximum atomic E-state index is 12.8. The number of rotatable bonds is 8. The average molecular weight is 442 g/mol. The van der Waals surface area contributed by atoms with Gasteiger partial charge >= 0.3 is 5.97 Å². The Morgan fingerprint density at radius 3 is 2.75 bits per heavy atom. The van der Waals surface area contributed by atoms with Crippen molar-refractivity contribution in [3.8, 4) is 23.1 Å². The van der Waals surface area contributed by atoms with Crippen LogP contribution in [0.4, 0.5) is 0 Å². The van der Waals surface area contributed by atoms with Crippen molar-refractivity contribution in [1.82, 2.24) is 10.3 Å². The number of carboxylic acids is 1. The summed E-state index contributed by atoms with van der Waals surface area (Å²) in [5.41, 5.74) is 0.345. The molecule has 1 aliphatic heterocycles. The lowest BCUT2D eigenvalue weighted by Crippen LogP contribution is -2.34. The molecule has 2 heterocycles. The highest BCUT2D eigenvalue weighted by atomic mass is 16.7. The molecule has 1 aliphatic carbocycles. The summed E-state index contributed by atoms with van der Waals surface area (Å²) < 4.78 is 22.1. The summed E-state index contributed by atoms with van der Waals surface area (Å²) in [6.07, 6.45) is 4.01. The second-order valence-electron chi connectivity index (χ2n) is 7.94. The molecule has 9 heteroatoms. The van der Waals surface area contributed by atoms with Crippen LogP contribution >= 0.6 is 0 Å². The van der Waals surface area contributed by atoms with Gasteiger partial charge in [-0.15, -0.1) is 0 Å². The van der Waals surface area contributed by atoms with Crippen LogP contribution in [0, 0.1) is 5.92 Å². The quantitative estimate of drug-likeness (QED) is 0.639. The number of ether oxygens (including phenoxy) is 4. The molecular formula is C23H26N2O7. The molecule has 32 heavy (non-hydrogen) atoms. The van der Waals surface area contributed by atoms with Crippen LogP contribution in [0.5, 0.6) is 23.1 Å². The van der Waals surface area contributed by atoms with Gasteiger partial charge in [0.15, 0.2) is 17.6 Å². The number of hydrogen-bond donors (Lipinski definition) is 2. The maximum absolute atomic E-state index is 12.8. The summed E-state index contributed by atoms with van der Waals surface area (Å²) in [6, 6.07) is 8.54. The first-order valence-electron chi connectivity index (χ1n) is 10.7. The molecule has 1 saturated carbocycles. The molecule has 0 saturated heterocycles. The van der Waals surface area contributed by atoms with Crippen molar-refractivity contribution in [2.45, 2.75) is 44.8 Å². The van der Waals surface area contributed by atoms with Gasteiger partial charge in [0.2, 0.25) is 12.7 Å². The molecule has 0 unspecified atom stereocenters. The lowest BCUT2D eigenvalue weighted by atomic mass is 9.87. The highest BCUT2D eigenvalue weighted by Crippen LogP contribution is 2.36. The third-order valence-electron chi connectivity index (χ3n) is 5.66. The van der Waals surface area contributed by atoms with Crippen LogP contribution in [0.15, 0.2) is 36.5 Å². The first kappa shape index (κ1) is 21.9. The summed E-state index contributed by atoms with van der Waals surface area (Å²) >= 11 is 0. The zero-order chi connectivity index (χ0) is 22.5.